The number of amides is 2. The molecule has 0 spiro atoms. The van der Waals surface area contributed by atoms with Gasteiger partial charge in [0.05, 0.1) is 13.0 Å². The molecule has 0 aliphatic carbocycles. The first kappa shape index (κ1) is 47.9. The Bertz CT molecular complexity index is 2050. The molecule has 2 saturated heterocycles. The van der Waals surface area contributed by atoms with Crippen molar-refractivity contribution < 1.29 is 47.9 Å². The van der Waals surface area contributed by atoms with Crippen LogP contribution in [0.25, 0.3) is 0 Å². The number of aliphatic carboxylic acids is 1. The van der Waals surface area contributed by atoms with Crippen LogP contribution < -0.4 is 35.4 Å². The summed E-state index contributed by atoms with van der Waals surface area (Å²) in [6.45, 7) is 13.5. The predicted octanol–water partition coefficient (Wildman–Crippen LogP) is 2.41. The number of ether oxygens (including phenoxy) is 1. The molecule has 4 aromatic carbocycles. The SMILES string of the molecule is COC(=O)[C@@H](Cc1ccccc1)CN1CC[C@@](C)(c2cccc(C(N)=O)c2)[C@@H](C)C1.C[C@H]1CN(C[C@H](Cc2ccccc2)C(=O)[O-])CC[C@@]1(C)c1cccc(C(N)=O)c1.[Li+]. The van der Waals surface area contributed by atoms with Gasteiger partial charge in [0.15, 0.2) is 0 Å². The maximum absolute atomic E-state index is 12.4. The first-order valence-corrected chi connectivity index (χ1v) is 20.7. The zero-order valence-corrected chi connectivity index (χ0v) is 36.3. The largest absolute Gasteiger partial charge is 1.00 e. The quantitative estimate of drug-likeness (QED) is 0.145. The fourth-order valence-electron chi connectivity index (χ4n) is 8.91. The summed E-state index contributed by atoms with van der Waals surface area (Å²) in [6, 6.07) is 35.0. The molecule has 60 heavy (non-hydrogen) atoms. The number of primary amides is 2. The van der Waals surface area contributed by atoms with Crippen molar-refractivity contribution in [1.29, 1.82) is 0 Å². The van der Waals surface area contributed by atoms with Crippen LogP contribution in [0.4, 0.5) is 0 Å². The minimum atomic E-state index is -0.996. The molecule has 11 heteroatoms. The summed E-state index contributed by atoms with van der Waals surface area (Å²) < 4.78 is 5.09. The maximum atomic E-state index is 12.4. The van der Waals surface area contributed by atoms with Crippen molar-refractivity contribution in [2.75, 3.05) is 46.4 Å². The number of hydrogen-bond acceptors (Lipinski definition) is 8. The molecule has 2 heterocycles. The average molecular weight is 809 g/mol. The van der Waals surface area contributed by atoms with Gasteiger partial charge in [0, 0.05) is 49.2 Å². The number of piperidine rings is 2. The Balaban J connectivity index is 0.000000260. The molecule has 0 saturated carbocycles. The van der Waals surface area contributed by atoms with Crippen molar-refractivity contribution in [3.05, 3.63) is 143 Å². The second-order valence-corrected chi connectivity index (χ2v) is 17.2. The first-order chi connectivity index (χ1) is 28.1. The number of carboxylic acid groups (broad SMARTS) is 1. The van der Waals surface area contributed by atoms with Crippen molar-refractivity contribution in [1.82, 2.24) is 9.80 Å². The number of carbonyl (C=O) groups is 4. The van der Waals surface area contributed by atoms with E-state index in [0.29, 0.717) is 48.9 Å². The van der Waals surface area contributed by atoms with E-state index in [2.05, 4.69) is 61.8 Å². The molecule has 0 unspecified atom stereocenters. The molecule has 0 aromatic heterocycles. The molecule has 2 amide bonds. The molecule has 4 aromatic rings. The van der Waals surface area contributed by atoms with Crippen molar-refractivity contribution >= 4 is 23.8 Å². The second kappa shape index (κ2) is 21.7. The third-order valence-corrected chi connectivity index (χ3v) is 13.2. The summed E-state index contributed by atoms with van der Waals surface area (Å²) in [5.74, 6) is -2.02. The number of hydrogen-bond donors (Lipinski definition) is 2. The van der Waals surface area contributed by atoms with Gasteiger partial charge in [-0.1, -0.05) is 113 Å². The molecular weight excluding hydrogens is 748 g/mol. The van der Waals surface area contributed by atoms with E-state index in [9.17, 15) is 24.3 Å². The van der Waals surface area contributed by atoms with Gasteiger partial charge in [-0.25, -0.2) is 0 Å². The number of nitrogens with zero attached hydrogens (tertiary/aromatic N) is 2. The Hall–Kier alpha value is -4.72. The summed E-state index contributed by atoms with van der Waals surface area (Å²) in [6.07, 6.45) is 3.00. The van der Waals surface area contributed by atoms with Crippen LogP contribution in [0, 0.1) is 23.7 Å². The number of esters is 1. The van der Waals surface area contributed by atoms with E-state index in [-0.39, 0.29) is 41.6 Å². The Labute approximate surface area is 368 Å². The molecular formula is C49H61LiN4O6. The molecule has 0 bridgehead atoms. The van der Waals surface area contributed by atoms with E-state index < -0.39 is 23.7 Å². The molecule has 2 aliphatic rings. The molecule has 10 nitrogen and oxygen atoms in total. The Morgan fingerprint density at radius 3 is 1.43 bits per heavy atom. The number of nitrogens with two attached hydrogens (primary N) is 2. The van der Waals surface area contributed by atoms with E-state index >= 15 is 0 Å². The van der Waals surface area contributed by atoms with E-state index in [1.807, 2.05) is 72.8 Å². The molecule has 314 valence electrons. The van der Waals surface area contributed by atoms with Crippen molar-refractivity contribution in [2.45, 2.75) is 64.2 Å². The van der Waals surface area contributed by atoms with Gasteiger partial charge in [0.1, 0.15) is 0 Å². The molecule has 4 N–H and O–H groups in total. The summed E-state index contributed by atoms with van der Waals surface area (Å²) in [7, 11) is 1.46. The fourth-order valence-corrected chi connectivity index (χ4v) is 8.91. The third-order valence-electron chi connectivity index (χ3n) is 13.2. The number of carbonyl (C=O) groups excluding carboxylic acids is 4. The van der Waals surface area contributed by atoms with E-state index in [1.165, 1.54) is 7.11 Å². The minimum Gasteiger partial charge on any atom is -0.550 e. The van der Waals surface area contributed by atoms with Gasteiger partial charge in [0.2, 0.25) is 11.8 Å². The van der Waals surface area contributed by atoms with Crippen LogP contribution >= 0.6 is 0 Å². The van der Waals surface area contributed by atoms with E-state index in [4.69, 9.17) is 16.2 Å². The summed E-state index contributed by atoms with van der Waals surface area (Å²) in [4.78, 5) is 51.9. The number of carboxylic acids is 1. The van der Waals surface area contributed by atoms with Crippen LogP contribution in [0.3, 0.4) is 0 Å². The van der Waals surface area contributed by atoms with Gasteiger partial charge in [-0.15, -0.1) is 0 Å². The summed E-state index contributed by atoms with van der Waals surface area (Å²) >= 11 is 0. The molecule has 2 aliphatic heterocycles. The predicted molar refractivity (Wildman–Crippen MR) is 229 cm³/mol. The van der Waals surface area contributed by atoms with Crippen molar-refractivity contribution in [2.24, 2.45) is 35.1 Å². The number of likely N-dealkylation sites (tertiary alicyclic amines) is 2. The smallest absolute Gasteiger partial charge is 0.550 e. The van der Waals surface area contributed by atoms with Gasteiger partial charge >= 0.3 is 24.8 Å². The van der Waals surface area contributed by atoms with Crippen molar-refractivity contribution in [3.63, 3.8) is 0 Å². The molecule has 6 rings (SSSR count). The summed E-state index contributed by atoms with van der Waals surface area (Å²) in [5.41, 5.74) is 16.3. The molecule has 2 fully saturated rings. The number of benzene rings is 4. The van der Waals surface area contributed by atoms with E-state index in [1.54, 1.807) is 12.1 Å². The van der Waals surface area contributed by atoms with Gasteiger partial charge in [0.25, 0.3) is 0 Å². The third kappa shape index (κ3) is 12.2. The minimum absolute atomic E-state index is 0. The maximum Gasteiger partial charge on any atom is 1.00 e. The second-order valence-electron chi connectivity index (χ2n) is 17.2. The zero-order valence-electron chi connectivity index (χ0n) is 36.3. The standard InChI is InChI=1S/C25H32N2O3.C24H30N2O3.Li/c1-18-16-27(17-21(24(29)30-3)14-19-8-5-4-6-9-19)13-12-25(18,2)22-11-7-10-20(15-22)23(26)28;1-17-15-26(16-20(23(28)29)13-18-7-4-3-5-8-18)12-11-24(17,2)21-10-6-9-19(14-21)22(25)27;/h4-11,15,18,21H,12-14,16-17H2,1-3H3,(H2,26,28);3-10,14,17,20H,11-13,15-16H2,1-2H3,(H2,25,27)(H,28,29);/q;;+1/p-1/t18-,21-,25+;17-,20-,24+;/m00./s1. The fraction of sp³-hybridized carbons (Fsp3) is 0.429. The van der Waals surface area contributed by atoms with Crippen LogP contribution in [0.2, 0.25) is 0 Å². The number of rotatable bonds is 14. The summed E-state index contributed by atoms with van der Waals surface area (Å²) in [5, 5.41) is 11.7. The van der Waals surface area contributed by atoms with Gasteiger partial charge < -0.3 is 35.9 Å². The first-order valence-electron chi connectivity index (χ1n) is 20.7. The topological polar surface area (TPSA) is 159 Å². The normalized spacial score (nSPS) is 22.8. The van der Waals surface area contributed by atoms with Crippen LogP contribution in [-0.2, 0) is 38.0 Å². The van der Waals surface area contributed by atoms with E-state index in [0.717, 1.165) is 61.3 Å². The average Bonchev–Trinajstić information content (AvgIpc) is 3.23. The molecule has 0 radical (unpaired) electrons. The van der Waals surface area contributed by atoms with Crippen LogP contribution in [-0.4, -0.2) is 79.9 Å². The Morgan fingerprint density at radius 2 is 1.07 bits per heavy atom. The van der Waals surface area contributed by atoms with Crippen LogP contribution in [0.5, 0.6) is 0 Å². The van der Waals surface area contributed by atoms with Gasteiger partial charge in [-0.3, -0.25) is 14.4 Å². The van der Waals surface area contributed by atoms with Gasteiger partial charge in [-0.05, 0) is 108 Å². The van der Waals surface area contributed by atoms with Crippen LogP contribution in [0.1, 0.15) is 83.5 Å². The Kier molecular flexibility index (Phi) is 17.3. The van der Waals surface area contributed by atoms with Crippen LogP contribution in [0.15, 0.2) is 109 Å². The van der Waals surface area contributed by atoms with Gasteiger partial charge in [-0.2, -0.15) is 0 Å². The Morgan fingerprint density at radius 1 is 0.667 bits per heavy atom. The molecule has 6 atom stereocenters. The number of methoxy groups -OCH3 is 1. The monoisotopic (exact) mass is 808 g/mol. The zero-order chi connectivity index (χ0) is 42.7. The van der Waals surface area contributed by atoms with Crippen molar-refractivity contribution in [3.8, 4) is 0 Å².